The zero-order chi connectivity index (χ0) is 21.1. The molecule has 2 N–H and O–H groups in total. The Morgan fingerprint density at radius 2 is 1.83 bits per heavy atom. The van der Waals surface area contributed by atoms with E-state index in [0.29, 0.717) is 12.2 Å². The number of hydrogen-bond acceptors (Lipinski definition) is 4. The third kappa shape index (κ3) is 4.29. The number of Topliss-reactive ketones (excluding diaryl/α,β-unsaturated/α-hetero) is 1. The zero-order valence-corrected chi connectivity index (χ0v) is 17.3. The molecule has 5 heteroatoms. The number of rotatable bonds is 6. The summed E-state index contributed by atoms with van der Waals surface area (Å²) in [6.07, 6.45) is 2.60. The summed E-state index contributed by atoms with van der Waals surface area (Å²) in [5, 5.41) is 14.6. The van der Waals surface area contributed by atoms with Crippen LogP contribution in [0.4, 0.5) is 5.69 Å². The molecule has 0 aliphatic heterocycles. The van der Waals surface area contributed by atoms with Crippen LogP contribution in [0.3, 0.4) is 0 Å². The largest absolute Gasteiger partial charge is 0.506 e. The standard InChI is InChI=1S/C25H21ClN2O2/c1-16(29)22-13-21(14-23(26)25(22)30)28-15-20-6-3-2-5-19(20)11-17-8-9-18-7-4-10-27-24(18)12-17/h2-10,12-14,28,30H,11,15H2,1H3. The Hall–Kier alpha value is -3.37. The number of carbonyl (C=O) groups excluding carboxylic acids is 1. The van der Waals surface area contributed by atoms with Crippen LogP contribution in [0.5, 0.6) is 5.75 Å². The van der Waals surface area contributed by atoms with E-state index in [1.807, 2.05) is 24.4 Å². The van der Waals surface area contributed by atoms with E-state index in [-0.39, 0.29) is 22.1 Å². The summed E-state index contributed by atoms with van der Waals surface area (Å²) in [4.78, 5) is 16.2. The lowest BCUT2D eigenvalue weighted by Crippen LogP contribution is -2.05. The molecule has 0 aliphatic carbocycles. The van der Waals surface area contributed by atoms with Gasteiger partial charge in [0.25, 0.3) is 0 Å². The fraction of sp³-hybridized carbons (Fsp3) is 0.120. The number of fused-ring (bicyclic) bond motifs is 1. The van der Waals surface area contributed by atoms with Crippen molar-refractivity contribution >= 4 is 34.0 Å². The van der Waals surface area contributed by atoms with Gasteiger partial charge in [0.2, 0.25) is 0 Å². The molecule has 0 saturated carbocycles. The second-order valence-corrected chi connectivity index (χ2v) is 7.65. The van der Waals surface area contributed by atoms with Crippen molar-refractivity contribution in [1.29, 1.82) is 0 Å². The second kappa shape index (κ2) is 8.56. The molecule has 0 amide bonds. The molecule has 30 heavy (non-hydrogen) atoms. The molecule has 4 rings (SSSR count). The average Bonchev–Trinajstić information content (AvgIpc) is 2.75. The van der Waals surface area contributed by atoms with E-state index >= 15 is 0 Å². The fourth-order valence-corrected chi connectivity index (χ4v) is 3.73. The SMILES string of the molecule is CC(=O)c1cc(NCc2ccccc2Cc2ccc3cccnc3c2)cc(Cl)c1O. The van der Waals surface area contributed by atoms with Crippen molar-refractivity contribution in [3.05, 3.63) is 100 Å². The van der Waals surface area contributed by atoms with Crippen molar-refractivity contribution in [2.45, 2.75) is 19.9 Å². The minimum absolute atomic E-state index is 0.155. The molecule has 0 unspecified atom stereocenters. The molecular weight excluding hydrogens is 396 g/mol. The molecule has 0 spiro atoms. The van der Waals surface area contributed by atoms with Crippen molar-refractivity contribution in [2.75, 3.05) is 5.32 Å². The average molecular weight is 417 g/mol. The van der Waals surface area contributed by atoms with Crippen LogP contribution in [0.2, 0.25) is 5.02 Å². The van der Waals surface area contributed by atoms with Crippen molar-refractivity contribution in [2.24, 2.45) is 0 Å². The number of carbonyl (C=O) groups is 1. The van der Waals surface area contributed by atoms with Crippen LogP contribution in [0, 0.1) is 0 Å². The third-order valence-electron chi connectivity index (χ3n) is 5.11. The van der Waals surface area contributed by atoms with Crippen LogP contribution in [-0.4, -0.2) is 15.9 Å². The lowest BCUT2D eigenvalue weighted by atomic mass is 9.98. The monoisotopic (exact) mass is 416 g/mol. The highest BCUT2D eigenvalue weighted by atomic mass is 35.5. The molecule has 0 atom stereocenters. The van der Waals surface area contributed by atoms with Gasteiger partial charge in [0, 0.05) is 23.8 Å². The molecule has 0 bridgehead atoms. The Balaban J connectivity index is 1.56. The van der Waals surface area contributed by atoms with E-state index in [9.17, 15) is 9.90 Å². The molecule has 1 aromatic heterocycles. The van der Waals surface area contributed by atoms with Gasteiger partial charge in [-0.2, -0.15) is 0 Å². The van der Waals surface area contributed by atoms with Crippen molar-refractivity contribution < 1.29 is 9.90 Å². The molecule has 0 radical (unpaired) electrons. The van der Waals surface area contributed by atoms with Crippen molar-refractivity contribution in [3.8, 4) is 5.75 Å². The Kier molecular flexibility index (Phi) is 5.68. The fourth-order valence-electron chi connectivity index (χ4n) is 3.51. The van der Waals surface area contributed by atoms with Gasteiger partial charge >= 0.3 is 0 Å². The zero-order valence-electron chi connectivity index (χ0n) is 16.5. The van der Waals surface area contributed by atoms with Gasteiger partial charge < -0.3 is 10.4 Å². The highest BCUT2D eigenvalue weighted by Crippen LogP contribution is 2.32. The number of phenols is 1. The minimum Gasteiger partial charge on any atom is -0.506 e. The van der Waals surface area contributed by atoms with Crippen molar-refractivity contribution in [1.82, 2.24) is 4.98 Å². The van der Waals surface area contributed by atoms with Crippen LogP contribution < -0.4 is 5.32 Å². The Bertz CT molecular complexity index is 1240. The lowest BCUT2D eigenvalue weighted by Gasteiger charge is -2.14. The first kappa shape index (κ1) is 19.9. The topological polar surface area (TPSA) is 62.2 Å². The predicted molar refractivity (Wildman–Crippen MR) is 121 cm³/mol. The van der Waals surface area contributed by atoms with E-state index in [0.717, 1.165) is 22.9 Å². The van der Waals surface area contributed by atoms with Crippen molar-refractivity contribution in [3.63, 3.8) is 0 Å². The normalized spacial score (nSPS) is 10.9. The lowest BCUT2D eigenvalue weighted by molar-refractivity contribution is 0.101. The number of aromatic hydroxyl groups is 1. The Labute approximate surface area is 180 Å². The van der Waals surface area contributed by atoms with Crippen LogP contribution in [-0.2, 0) is 13.0 Å². The third-order valence-corrected chi connectivity index (χ3v) is 5.40. The highest BCUT2D eigenvalue weighted by molar-refractivity contribution is 6.33. The van der Waals surface area contributed by atoms with Crippen LogP contribution in [0.15, 0.2) is 72.9 Å². The first-order chi connectivity index (χ1) is 14.5. The molecule has 0 fully saturated rings. The van der Waals surface area contributed by atoms with Gasteiger partial charge in [-0.05, 0) is 54.3 Å². The van der Waals surface area contributed by atoms with Gasteiger partial charge in [0.15, 0.2) is 5.78 Å². The summed E-state index contributed by atoms with van der Waals surface area (Å²) in [7, 11) is 0. The Morgan fingerprint density at radius 3 is 2.63 bits per heavy atom. The maximum atomic E-state index is 11.7. The quantitative estimate of drug-likeness (QED) is 0.299. The molecule has 1 heterocycles. The number of nitrogens with one attached hydrogen (secondary N) is 1. The molecule has 3 aromatic carbocycles. The molecular formula is C25H21ClN2O2. The number of anilines is 1. The molecule has 150 valence electrons. The summed E-state index contributed by atoms with van der Waals surface area (Å²) in [5.74, 6) is -0.414. The smallest absolute Gasteiger partial charge is 0.163 e. The van der Waals surface area contributed by atoms with E-state index in [4.69, 9.17) is 11.6 Å². The number of halogens is 1. The maximum Gasteiger partial charge on any atom is 0.163 e. The number of ketones is 1. The summed E-state index contributed by atoms with van der Waals surface area (Å²) >= 11 is 6.08. The second-order valence-electron chi connectivity index (χ2n) is 7.24. The number of hydrogen-bond donors (Lipinski definition) is 2. The number of pyridine rings is 1. The van der Waals surface area contributed by atoms with E-state index in [2.05, 4.69) is 46.7 Å². The summed E-state index contributed by atoms with van der Waals surface area (Å²) in [5.41, 5.74) is 5.43. The molecule has 4 aromatic rings. The summed E-state index contributed by atoms with van der Waals surface area (Å²) < 4.78 is 0. The number of nitrogens with zero attached hydrogens (tertiary/aromatic N) is 1. The maximum absolute atomic E-state index is 11.7. The molecule has 0 aliphatic rings. The van der Waals surface area contributed by atoms with E-state index in [1.165, 1.54) is 18.1 Å². The predicted octanol–water partition coefficient (Wildman–Crippen LogP) is 6.00. The van der Waals surface area contributed by atoms with Gasteiger partial charge in [0.05, 0.1) is 16.1 Å². The van der Waals surface area contributed by atoms with Crippen LogP contribution in [0.1, 0.15) is 34.0 Å². The first-order valence-corrected chi connectivity index (χ1v) is 10.1. The number of aromatic nitrogens is 1. The van der Waals surface area contributed by atoms with E-state index < -0.39 is 0 Å². The van der Waals surface area contributed by atoms with Gasteiger partial charge in [-0.25, -0.2) is 0 Å². The van der Waals surface area contributed by atoms with Gasteiger partial charge in [-0.1, -0.05) is 54.1 Å². The minimum atomic E-state index is -0.233. The molecule has 4 nitrogen and oxygen atoms in total. The van der Waals surface area contributed by atoms with Gasteiger partial charge in [-0.15, -0.1) is 0 Å². The number of phenolic OH excluding ortho intramolecular Hbond substituents is 1. The summed E-state index contributed by atoms with van der Waals surface area (Å²) in [6.45, 7) is 1.98. The Morgan fingerprint density at radius 1 is 1.03 bits per heavy atom. The molecule has 0 saturated heterocycles. The van der Waals surface area contributed by atoms with Crippen LogP contribution >= 0.6 is 11.6 Å². The van der Waals surface area contributed by atoms with Crippen LogP contribution in [0.25, 0.3) is 10.9 Å². The first-order valence-electron chi connectivity index (χ1n) is 9.69. The van der Waals surface area contributed by atoms with Gasteiger partial charge in [0.1, 0.15) is 5.75 Å². The summed E-state index contributed by atoms with van der Waals surface area (Å²) in [6, 6.07) is 21.8. The van der Waals surface area contributed by atoms with E-state index in [1.54, 1.807) is 12.1 Å². The number of benzene rings is 3. The highest BCUT2D eigenvalue weighted by Gasteiger charge is 2.12. The van der Waals surface area contributed by atoms with Gasteiger partial charge in [-0.3, -0.25) is 9.78 Å².